The van der Waals surface area contributed by atoms with E-state index in [1.807, 2.05) is 0 Å². The lowest BCUT2D eigenvalue weighted by Gasteiger charge is -2.27. The van der Waals surface area contributed by atoms with Crippen molar-refractivity contribution in [3.05, 3.63) is 0 Å². The average molecular weight is 227 g/mol. The molecule has 0 saturated heterocycles. The summed E-state index contributed by atoms with van der Waals surface area (Å²) in [5.74, 6) is 0.192. The van der Waals surface area contributed by atoms with E-state index in [1.54, 1.807) is 0 Å². The Morgan fingerprint density at radius 2 is 2.12 bits per heavy atom. The first-order valence-corrected chi connectivity index (χ1v) is 6.37. The Labute approximate surface area is 98.6 Å². The van der Waals surface area contributed by atoms with Crippen LogP contribution in [-0.4, -0.2) is 43.5 Å². The molecular weight excluding hydrogens is 202 g/mol. The predicted octanol–water partition coefficient (Wildman–Crippen LogP) is 0.572. The zero-order valence-electron chi connectivity index (χ0n) is 10.5. The van der Waals surface area contributed by atoms with E-state index < -0.39 is 0 Å². The molecule has 16 heavy (non-hydrogen) atoms. The lowest BCUT2D eigenvalue weighted by Crippen LogP contribution is -2.45. The molecule has 1 amide bonds. The van der Waals surface area contributed by atoms with E-state index in [-0.39, 0.29) is 17.9 Å². The van der Waals surface area contributed by atoms with E-state index >= 15 is 0 Å². The summed E-state index contributed by atoms with van der Waals surface area (Å²) >= 11 is 0. The van der Waals surface area contributed by atoms with Gasteiger partial charge in [0.15, 0.2) is 0 Å². The van der Waals surface area contributed by atoms with E-state index in [0.29, 0.717) is 0 Å². The van der Waals surface area contributed by atoms with E-state index in [4.69, 9.17) is 5.73 Å². The van der Waals surface area contributed by atoms with Crippen molar-refractivity contribution in [1.29, 1.82) is 0 Å². The van der Waals surface area contributed by atoms with Crippen LogP contribution >= 0.6 is 0 Å². The minimum Gasteiger partial charge on any atom is -0.355 e. The van der Waals surface area contributed by atoms with Crippen LogP contribution < -0.4 is 11.1 Å². The maximum absolute atomic E-state index is 11.9. The molecule has 94 valence electrons. The van der Waals surface area contributed by atoms with Gasteiger partial charge in [-0.2, -0.15) is 0 Å². The summed E-state index contributed by atoms with van der Waals surface area (Å²) in [6.07, 6.45) is 4.26. The summed E-state index contributed by atoms with van der Waals surface area (Å²) in [6.45, 7) is 4.76. The van der Waals surface area contributed by atoms with Crippen molar-refractivity contribution < 1.29 is 4.79 Å². The fraction of sp³-hybridized carbons (Fsp3) is 0.917. The summed E-state index contributed by atoms with van der Waals surface area (Å²) in [5.41, 5.74) is 5.97. The minimum atomic E-state index is 0.0423. The molecule has 0 aromatic carbocycles. The topological polar surface area (TPSA) is 58.4 Å². The second-order valence-electron chi connectivity index (χ2n) is 4.74. The van der Waals surface area contributed by atoms with Gasteiger partial charge in [0.25, 0.3) is 0 Å². The van der Waals surface area contributed by atoms with Gasteiger partial charge in [-0.3, -0.25) is 4.79 Å². The molecule has 2 unspecified atom stereocenters. The van der Waals surface area contributed by atoms with Crippen LogP contribution in [0.1, 0.15) is 32.6 Å². The average Bonchev–Trinajstić information content (AvgIpc) is 2.29. The molecule has 0 bridgehead atoms. The molecule has 1 fully saturated rings. The number of hydrogen-bond donors (Lipinski definition) is 2. The summed E-state index contributed by atoms with van der Waals surface area (Å²) < 4.78 is 0. The summed E-state index contributed by atoms with van der Waals surface area (Å²) in [7, 11) is 2.05. The van der Waals surface area contributed by atoms with Crippen LogP contribution in [0.5, 0.6) is 0 Å². The highest BCUT2D eigenvalue weighted by Gasteiger charge is 2.27. The Bertz CT molecular complexity index is 220. The molecule has 0 aromatic heterocycles. The van der Waals surface area contributed by atoms with E-state index in [2.05, 4.69) is 24.2 Å². The first-order chi connectivity index (χ1) is 7.65. The molecule has 0 aliphatic heterocycles. The number of likely N-dealkylation sites (N-methyl/N-ethyl adjacent to an activating group) is 1. The van der Waals surface area contributed by atoms with Crippen molar-refractivity contribution in [3.8, 4) is 0 Å². The quantitative estimate of drug-likeness (QED) is 0.722. The number of hydrogen-bond acceptors (Lipinski definition) is 3. The molecule has 2 atom stereocenters. The molecule has 1 aliphatic carbocycles. The van der Waals surface area contributed by atoms with Crippen molar-refractivity contribution in [1.82, 2.24) is 10.2 Å². The maximum atomic E-state index is 11.9. The Morgan fingerprint density at radius 3 is 2.75 bits per heavy atom. The van der Waals surface area contributed by atoms with Gasteiger partial charge >= 0.3 is 0 Å². The van der Waals surface area contributed by atoms with Crippen molar-refractivity contribution in [2.24, 2.45) is 11.7 Å². The first kappa shape index (κ1) is 13.5. The Morgan fingerprint density at radius 1 is 1.44 bits per heavy atom. The molecule has 1 rings (SSSR count). The van der Waals surface area contributed by atoms with Gasteiger partial charge < -0.3 is 16.0 Å². The number of carbonyl (C=O) groups is 1. The van der Waals surface area contributed by atoms with Crippen LogP contribution in [0.4, 0.5) is 0 Å². The summed E-state index contributed by atoms with van der Waals surface area (Å²) in [6, 6.07) is 0.0673. The minimum absolute atomic E-state index is 0.0423. The fourth-order valence-electron chi connectivity index (χ4n) is 2.14. The number of rotatable bonds is 5. The van der Waals surface area contributed by atoms with Crippen molar-refractivity contribution >= 4 is 5.91 Å². The standard InChI is InChI=1S/C12H25N3O/c1-3-15(2)9-8-14-12(16)10-6-4-5-7-11(10)13/h10-11H,3-9,13H2,1-2H3,(H,14,16). The highest BCUT2D eigenvalue weighted by molar-refractivity contribution is 5.79. The summed E-state index contributed by atoms with van der Waals surface area (Å²) in [5, 5.41) is 2.99. The lowest BCUT2D eigenvalue weighted by molar-refractivity contribution is -0.126. The second kappa shape index (κ2) is 6.86. The van der Waals surface area contributed by atoms with E-state index in [0.717, 1.165) is 38.9 Å². The number of carbonyl (C=O) groups excluding carboxylic acids is 1. The van der Waals surface area contributed by atoms with E-state index in [9.17, 15) is 4.79 Å². The normalized spacial score (nSPS) is 25.8. The van der Waals surface area contributed by atoms with Gasteiger partial charge in [0.2, 0.25) is 5.91 Å². The molecule has 0 heterocycles. The molecule has 1 aliphatic rings. The highest BCUT2D eigenvalue weighted by atomic mass is 16.1. The Balaban J connectivity index is 2.23. The van der Waals surface area contributed by atoms with Gasteiger partial charge in [-0.15, -0.1) is 0 Å². The van der Waals surface area contributed by atoms with Crippen LogP contribution in [0.25, 0.3) is 0 Å². The van der Waals surface area contributed by atoms with Crippen LogP contribution in [0.15, 0.2) is 0 Å². The highest BCUT2D eigenvalue weighted by Crippen LogP contribution is 2.22. The number of nitrogens with zero attached hydrogens (tertiary/aromatic N) is 1. The van der Waals surface area contributed by atoms with Gasteiger partial charge in [-0.1, -0.05) is 19.8 Å². The van der Waals surface area contributed by atoms with Crippen LogP contribution in [0, 0.1) is 5.92 Å². The third kappa shape index (κ3) is 4.10. The fourth-order valence-corrected chi connectivity index (χ4v) is 2.14. The van der Waals surface area contributed by atoms with Gasteiger partial charge in [-0.05, 0) is 26.4 Å². The van der Waals surface area contributed by atoms with Crippen LogP contribution in [0.2, 0.25) is 0 Å². The Hall–Kier alpha value is -0.610. The molecule has 1 saturated carbocycles. The first-order valence-electron chi connectivity index (χ1n) is 6.37. The third-order valence-electron chi connectivity index (χ3n) is 3.49. The van der Waals surface area contributed by atoms with E-state index in [1.165, 1.54) is 6.42 Å². The number of nitrogens with two attached hydrogens (primary N) is 1. The lowest BCUT2D eigenvalue weighted by atomic mass is 9.84. The van der Waals surface area contributed by atoms with Crippen molar-refractivity contribution in [3.63, 3.8) is 0 Å². The number of amides is 1. The SMILES string of the molecule is CCN(C)CCNC(=O)C1CCCCC1N. The zero-order chi connectivity index (χ0) is 12.0. The monoisotopic (exact) mass is 227 g/mol. The largest absolute Gasteiger partial charge is 0.355 e. The van der Waals surface area contributed by atoms with Gasteiger partial charge in [-0.25, -0.2) is 0 Å². The maximum Gasteiger partial charge on any atom is 0.224 e. The van der Waals surface area contributed by atoms with Gasteiger partial charge in [0, 0.05) is 19.1 Å². The number of nitrogens with one attached hydrogen (secondary N) is 1. The molecule has 0 aromatic rings. The van der Waals surface area contributed by atoms with Crippen LogP contribution in [0.3, 0.4) is 0 Å². The predicted molar refractivity (Wildman–Crippen MR) is 66.1 cm³/mol. The molecular formula is C12H25N3O. The summed E-state index contributed by atoms with van der Waals surface area (Å²) in [4.78, 5) is 14.1. The third-order valence-corrected chi connectivity index (χ3v) is 3.49. The Kier molecular flexibility index (Phi) is 5.77. The molecule has 0 radical (unpaired) electrons. The van der Waals surface area contributed by atoms with Crippen molar-refractivity contribution in [2.75, 3.05) is 26.7 Å². The zero-order valence-corrected chi connectivity index (χ0v) is 10.5. The molecule has 4 nitrogen and oxygen atoms in total. The van der Waals surface area contributed by atoms with Gasteiger partial charge in [0.1, 0.15) is 0 Å². The van der Waals surface area contributed by atoms with Crippen molar-refractivity contribution in [2.45, 2.75) is 38.6 Å². The second-order valence-corrected chi connectivity index (χ2v) is 4.74. The smallest absolute Gasteiger partial charge is 0.224 e. The molecule has 3 N–H and O–H groups in total. The molecule has 0 spiro atoms. The van der Waals surface area contributed by atoms with Crippen LogP contribution in [-0.2, 0) is 4.79 Å². The molecule has 4 heteroatoms. The van der Waals surface area contributed by atoms with Gasteiger partial charge in [0.05, 0.1) is 5.92 Å².